The van der Waals surface area contributed by atoms with E-state index in [0.29, 0.717) is 10.6 Å². The van der Waals surface area contributed by atoms with Crippen LogP contribution in [0.2, 0.25) is 0 Å². The molecule has 0 saturated carbocycles. The summed E-state index contributed by atoms with van der Waals surface area (Å²) in [6, 6.07) is 6.00. The predicted octanol–water partition coefficient (Wildman–Crippen LogP) is -0.0401. The average molecular weight is 364 g/mol. The zero-order valence-corrected chi connectivity index (χ0v) is 14.2. The highest BCUT2D eigenvalue weighted by atomic mass is 32.2. The van der Waals surface area contributed by atoms with Crippen molar-refractivity contribution >= 4 is 52.0 Å². The van der Waals surface area contributed by atoms with Gasteiger partial charge in [0.25, 0.3) is 5.24 Å². The van der Waals surface area contributed by atoms with Gasteiger partial charge in [-0.3, -0.25) is 28.9 Å². The maximum atomic E-state index is 12.3. The Balaban J connectivity index is 1.99. The van der Waals surface area contributed by atoms with Gasteiger partial charge in [-0.05, 0) is 18.2 Å². The summed E-state index contributed by atoms with van der Waals surface area (Å²) in [5.41, 5.74) is 6.14. The first-order valence-corrected chi connectivity index (χ1v) is 8.25. The zero-order valence-electron chi connectivity index (χ0n) is 13.4. The minimum Gasteiger partial charge on any atom is -0.399 e. The van der Waals surface area contributed by atoms with E-state index in [1.54, 1.807) is 12.1 Å². The number of imide groups is 2. The predicted molar refractivity (Wildman–Crippen MR) is 91.6 cm³/mol. The lowest BCUT2D eigenvalue weighted by molar-refractivity contribution is -0.139. The number of anilines is 2. The number of amides is 5. The van der Waals surface area contributed by atoms with Gasteiger partial charge in [0.15, 0.2) is 0 Å². The van der Waals surface area contributed by atoms with E-state index in [0.717, 1.165) is 23.6 Å². The molecular weight excluding hydrogens is 348 g/mol. The number of nitrogens with zero attached hydrogens (tertiary/aromatic N) is 2. The van der Waals surface area contributed by atoms with Gasteiger partial charge in [-0.25, -0.2) is 4.90 Å². The summed E-state index contributed by atoms with van der Waals surface area (Å²) in [5.74, 6) is -3.03. The third-order valence-corrected chi connectivity index (χ3v) is 4.16. The minimum absolute atomic E-state index is 0.0396. The Bertz CT molecular complexity index is 735. The van der Waals surface area contributed by atoms with Crippen LogP contribution in [-0.2, 0) is 19.2 Å². The summed E-state index contributed by atoms with van der Waals surface area (Å²) in [6.07, 6.45) is 0. The molecule has 10 heteroatoms. The van der Waals surface area contributed by atoms with Crippen molar-refractivity contribution in [1.29, 1.82) is 0 Å². The van der Waals surface area contributed by atoms with Crippen molar-refractivity contribution in [3.05, 3.63) is 24.3 Å². The van der Waals surface area contributed by atoms with Crippen LogP contribution in [0.15, 0.2) is 24.3 Å². The van der Waals surface area contributed by atoms with Gasteiger partial charge >= 0.3 is 11.8 Å². The number of hydrogen-bond acceptors (Lipinski definition) is 7. The Morgan fingerprint density at radius 1 is 1.32 bits per heavy atom. The first-order valence-electron chi connectivity index (χ1n) is 7.26. The van der Waals surface area contributed by atoms with Gasteiger partial charge in [0.2, 0.25) is 11.8 Å². The van der Waals surface area contributed by atoms with Crippen LogP contribution >= 0.6 is 11.8 Å². The smallest absolute Gasteiger partial charge is 0.323 e. The highest BCUT2D eigenvalue weighted by molar-refractivity contribution is 8.14. The van der Waals surface area contributed by atoms with Crippen LogP contribution in [0.1, 0.15) is 6.92 Å². The molecule has 1 aliphatic rings. The van der Waals surface area contributed by atoms with E-state index in [2.05, 4.69) is 5.32 Å². The number of hydrogen-bond donors (Lipinski definition) is 2. The lowest BCUT2D eigenvalue weighted by Crippen LogP contribution is -2.47. The number of carbonyl (C=O) groups is 5. The second kappa shape index (κ2) is 7.79. The van der Waals surface area contributed by atoms with E-state index in [1.807, 2.05) is 0 Å². The molecule has 25 heavy (non-hydrogen) atoms. The second-order valence-corrected chi connectivity index (χ2v) is 6.04. The molecule has 9 nitrogen and oxygen atoms in total. The monoisotopic (exact) mass is 364 g/mol. The minimum atomic E-state index is -1.08. The Morgan fingerprint density at radius 3 is 2.60 bits per heavy atom. The van der Waals surface area contributed by atoms with E-state index in [1.165, 1.54) is 12.1 Å². The van der Waals surface area contributed by atoms with Gasteiger partial charge in [-0.1, -0.05) is 17.8 Å². The topological polar surface area (TPSA) is 130 Å². The molecule has 1 heterocycles. The number of carbonyl (C=O) groups excluding carboxylic acids is 5. The Kier molecular flexibility index (Phi) is 5.75. The molecule has 3 N–H and O–H groups in total. The van der Waals surface area contributed by atoms with Gasteiger partial charge in [-0.15, -0.1) is 0 Å². The van der Waals surface area contributed by atoms with E-state index >= 15 is 0 Å². The van der Waals surface area contributed by atoms with Crippen LogP contribution in [0.3, 0.4) is 0 Å². The number of nitrogen functional groups attached to an aromatic ring is 1. The van der Waals surface area contributed by atoms with Crippen LogP contribution in [0, 0.1) is 0 Å². The SMILES string of the molecule is CC(=O)N(C(=O)C(=O)NCCN1C(=O)CSC1=O)c1cccc(N)c1. The third kappa shape index (κ3) is 4.35. The lowest BCUT2D eigenvalue weighted by atomic mass is 10.2. The maximum Gasteiger partial charge on any atom is 0.323 e. The molecule has 0 unspecified atom stereocenters. The van der Waals surface area contributed by atoms with Crippen molar-refractivity contribution in [2.24, 2.45) is 0 Å². The van der Waals surface area contributed by atoms with Crippen LogP contribution < -0.4 is 16.0 Å². The fourth-order valence-electron chi connectivity index (χ4n) is 2.16. The quantitative estimate of drug-likeness (QED) is 0.566. The number of thioether (sulfide) groups is 1. The fourth-order valence-corrected chi connectivity index (χ4v) is 2.91. The van der Waals surface area contributed by atoms with Gasteiger partial charge < -0.3 is 11.1 Å². The number of benzene rings is 1. The van der Waals surface area contributed by atoms with Crippen molar-refractivity contribution in [3.8, 4) is 0 Å². The van der Waals surface area contributed by atoms with Crippen LogP contribution in [0.25, 0.3) is 0 Å². The molecular formula is C15H16N4O5S. The highest BCUT2D eigenvalue weighted by Crippen LogP contribution is 2.19. The molecule has 1 aromatic carbocycles. The Labute approximate surface area is 147 Å². The third-order valence-electron chi connectivity index (χ3n) is 3.30. The maximum absolute atomic E-state index is 12.3. The van der Waals surface area contributed by atoms with Gasteiger partial charge in [0, 0.05) is 25.7 Å². The first-order chi connectivity index (χ1) is 11.8. The molecule has 1 aromatic rings. The fraction of sp³-hybridized carbons (Fsp3) is 0.267. The first kappa shape index (κ1) is 18.5. The normalized spacial score (nSPS) is 13.7. The lowest BCUT2D eigenvalue weighted by Gasteiger charge is -2.19. The summed E-state index contributed by atoms with van der Waals surface area (Å²) in [5, 5.41) is 1.91. The molecule has 0 spiro atoms. The molecule has 1 fully saturated rings. The van der Waals surface area contributed by atoms with Gasteiger partial charge in [0.05, 0.1) is 11.4 Å². The van der Waals surface area contributed by atoms with E-state index in [-0.39, 0.29) is 30.4 Å². The average Bonchev–Trinajstić information content (AvgIpc) is 2.86. The van der Waals surface area contributed by atoms with E-state index in [9.17, 15) is 24.0 Å². The summed E-state index contributed by atoms with van der Waals surface area (Å²) in [6.45, 7) is 1.01. The molecule has 2 rings (SSSR count). The van der Waals surface area contributed by atoms with Crippen molar-refractivity contribution in [3.63, 3.8) is 0 Å². The number of nitrogens with two attached hydrogens (primary N) is 1. The van der Waals surface area contributed by atoms with Crippen molar-refractivity contribution in [1.82, 2.24) is 10.2 Å². The molecule has 132 valence electrons. The van der Waals surface area contributed by atoms with E-state index in [4.69, 9.17) is 5.73 Å². The number of rotatable bonds is 4. The molecule has 1 saturated heterocycles. The van der Waals surface area contributed by atoms with Crippen molar-refractivity contribution < 1.29 is 24.0 Å². The van der Waals surface area contributed by atoms with Crippen LogP contribution in [-0.4, -0.2) is 52.6 Å². The molecule has 0 aliphatic carbocycles. The highest BCUT2D eigenvalue weighted by Gasteiger charge is 2.30. The standard InChI is InChI=1S/C15H16N4O5S/c1-9(20)19(11-4-2-3-10(16)7-11)14(23)13(22)17-5-6-18-12(21)8-25-15(18)24/h2-4,7H,5-6,8,16H2,1H3,(H,17,22). The summed E-state index contributed by atoms with van der Waals surface area (Å²) < 4.78 is 0. The van der Waals surface area contributed by atoms with Gasteiger partial charge in [-0.2, -0.15) is 0 Å². The molecule has 0 radical (unpaired) electrons. The summed E-state index contributed by atoms with van der Waals surface area (Å²) in [4.78, 5) is 60.6. The van der Waals surface area contributed by atoms with E-state index < -0.39 is 23.0 Å². The summed E-state index contributed by atoms with van der Waals surface area (Å²) >= 11 is 0.879. The molecule has 0 bridgehead atoms. The van der Waals surface area contributed by atoms with Crippen molar-refractivity contribution in [2.45, 2.75) is 6.92 Å². The zero-order chi connectivity index (χ0) is 18.6. The molecule has 5 amide bonds. The van der Waals surface area contributed by atoms with Gasteiger partial charge in [0.1, 0.15) is 0 Å². The van der Waals surface area contributed by atoms with Crippen LogP contribution in [0.5, 0.6) is 0 Å². The Morgan fingerprint density at radius 2 is 2.04 bits per heavy atom. The molecule has 0 atom stereocenters. The largest absolute Gasteiger partial charge is 0.399 e. The van der Waals surface area contributed by atoms with Crippen molar-refractivity contribution in [2.75, 3.05) is 29.5 Å². The second-order valence-electron chi connectivity index (χ2n) is 5.11. The summed E-state index contributed by atoms with van der Waals surface area (Å²) in [7, 11) is 0. The molecule has 1 aliphatic heterocycles. The molecule has 0 aromatic heterocycles. The number of nitrogens with one attached hydrogen (secondary N) is 1. The van der Waals surface area contributed by atoms with Crippen LogP contribution in [0.4, 0.5) is 16.2 Å². The Hall–Kier alpha value is -2.88.